The first-order chi connectivity index (χ1) is 8.16. The lowest BCUT2D eigenvalue weighted by Gasteiger charge is -2.11. The SMILES string of the molecule is CN(C)c1nccc(NCc2sccc2Br)n1. The zero-order valence-electron chi connectivity index (χ0n) is 9.64. The van der Waals surface area contributed by atoms with E-state index in [1.807, 2.05) is 31.1 Å². The topological polar surface area (TPSA) is 41.1 Å². The van der Waals surface area contributed by atoms with Crippen molar-refractivity contribution in [2.45, 2.75) is 6.54 Å². The van der Waals surface area contributed by atoms with Gasteiger partial charge in [-0.1, -0.05) is 0 Å². The molecule has 0 aliphatic heterocycles. The second-order valence-electron chi connectivity index (χ2n) is 3.68. The Hall–Kier alpha value is -1.14. The summed E-state index contributed by atoms with van der Waals surface area (Å²) in [5.41, 5.74) is 0. The van der Waals surface area contributed by atoms with Gasteiger partial charge in [-0.2, -0.15) is 4.98 Å². The molecule has 0 atom stereocenters. The van der Waals surface area contributed by atoms with Crippen molar-refractivity contribution in [1.82, 2.24) is 9.97 Å². The fraction of sp³-hybridized carbons (Fsp3) is 0.273. The highest BCUT2D eigenvalue weighted by Crippen LogP contribution is 2.23. The highest BCUT2D eigenvalue weighted by Gasteiger charge is 2.03. The van der Waals surface area contributed by atoms with E-state index in [1.54, 1.807) is 17.5 Å². The van der Waals surface area contributed by atoms with Crippen LogP contribution in [0.2, 0.25) is 0 Å². The minimum Gasteiger partial charge on any atom is -0.365 e. The smallest absolute Gasteiger partial charge is 0.226 e. The van der Waals surface area contributed by atoms with Gasteiger partial charge in [0.25, 0.3) is 0 Å². The Bertz CT molecular complexity index is 498. The van der Waals surface area contributed by atoms with Crippen LogP contribution >= 0.6 is 27.3 Å². The lowest BCUT2D eigenvalue weighted by molar-refractivity contribution is 0.989. The molecule has 2 rings (SSSR count). The predicted octanol–water partition coefficient (Wildman–Crippen LogP) is 2.98. The molecule has 17 heavy (non-hydrogen) atoms. The van der Waals surface area contributed by atoms with Crippen molar-refractivity contribution in [3.63, 3.8) is 0 Å². The second kappa shape index (κ2) is 5.46. The van der Waals surface area contributed by atoms with E-state index in [9.17, 15) is 0 Å². The molecule has 2 heterocycles. The molecule has 1 N–H and O–H groups in total. The van der Waals surface area contributed by atoms with Gasteiger partial charge in [0, 0.05) is 29.6 Å². The third kappa shape index (κ3) is 3.17. The number of rotatable bonds is 4. The van der Waals surface area contributed by atoms with Crippen LogP contribution in [0.5, 0.6) is 0 Å². The quantitative estimate of drug-likeness (QED) is 0.942. The molecular formula is C11H13BrN4S. The molecule has 90 valence electrons. The van der Waals surface area contributed by atoms with Crippen molar-refractivity contribution in [1.29, 1.82) is 0 Å². The summed E-state index contributed by atoms with van der Waals surface area (Å²) in [5.74, 6) is 1.55. The number of thiophene rings is 1. The molecule has 0 aromatic carbocycles. The molecule has 0 amide bonds. The molecule has 2 aromatic heterocycles. The number of aromatic nitrogens is 2. The summed E-state index contributed by atoms with van der Waals surface area (Å²) in [4.78, 5) is 11.7. The van der Waals surface area contributed by atoms with Crippen LogP contribution in [-0.2, 0) is 6.54 Å². The van der Waals surface area contributed by atoms with Crippen molar-refractivity contribution in [3.8, 4) is 0 Å². The largest absolute Gasteiger partial charge is 0.365 e. The minimum absolute atomic E-state index is 0.709. The third-order valence-corrected chi connectivity index (χ3v) is 4.09. The minimum atomic E-state index is 0.709. The van der Waals surface area contributed by atoms with Crippen LogP contribution in [0.4, 0.5) is 11.8 Å². The Morgan fingerprint density at radius 1 is 1.41 bits per heavy atom. The van der Waals surface area contributed by atoms with E-state index in [4.69, 9.17) is 0 Å². The van der Waals surface area contributed by atoms with Crippen LogP contribution in [-0.4, -0.2) is 24.1 Å². The molecule has 0 aliphatic rings. The van der Waals surface area contributed by atoms with E-state index < -0.39 is 0 Å². The highest BCUT2D eigenvalue weighted by molar-refractivity contribution is 9.10. The zero-order valence-corrected chi connectivity index (χ0v) is 12.0. The molecule has 0 aliphatic carbocycles. The number of hydrogen-bond donors (Lipinski definition) is 1. The molecule has 4 nitrogen and oxygen atoms in total. The molecule has 0 fully saturated rings. The van der Waals surface area contributed by atoms with Crippen molar-refractivity contribution in [2.75, 3.05) is 24.3 Å². The first-order valence-corrected chi connectivity index (χ1v) is 6.80. The van der Waals surface area contributed by atoms with Crippen molar-refractivity contribution >= 4 is 39.0 Å². The summed E-state index contributed by atoms with van der Waals surface area (Å²) in [6.45, 7) is 0.766. The number of anilines is 2. The highest BCUT2D eigenvalue weighted by atomic mass is 79.9. The molecule has 0 unspecified atom stereocenters. The van der Waals surface area contributed by atoms with Crippen molar-refractivity contribution in [3.05, 3.63) is 33.1 Å². The Kier molecular flexibility index (Phi) is 3.96. The van der Waals surface area contributed by atoms with E-state index >= 15 is 0 Å². The van der Waals surface area contributed by atoms with Gasteiger partial charge in [0.15, 0.2) is 0 Å². The van der Waals surface area contributed by atoms with Crippen molar-refractivity contribution < 1.29 is 0 Å². The average Bonchev–Trinajstić information content (AvgIpc) is 2.72. The maximum atomic E-state index is 4.39. The molecule has 0 saturated carbocycles. The van der Waals surface area contributed by atoms with Gasteiger partial charge in [0.05, 0.1) is 6.54 Å². The maximum Gasteiger partial charge on any atom is 0.226 e. The summed E-state index contributed by atoms with van der Waals surface area (Å²) < 4.78 is 1.14. The molecule has 0 saturated heterocycles. The van der Waals surface area contributed by atoms with E-state index in [-0.39, 0.29) is 0 Å². The molecule has 0 bridgehead atoms. The van der Waals surface area contributed by atoms with Gasteiger partial charge in [-0.05, 0) is 33.4 Å². The van der Waals surface area contributed by atoms with Gasteiger partial charge in [-0.25, -0.2) is 4.98 Å². The molecule has 2 aromatic rings. The molecule has 0 radical (unpaired) electrons. The summed E-state index contributed by atoms with van der Waals surface area (Å²) in [5, 5.41) is 5.35. The summed E-state index contributed by atoms with van der Waals surface area (Å²) in [7, 11) is 3.85. The predicted molar refractivity (Wildman–Crippen MR) is 75.7 cm³/mol. The fourth-order valence-corrected chi connectivity index (χ4v) is 2.72. The second-order valence-corrected chi connectivity index (χ2v) is 5.54. The summed E-state index contributed by atoms with van der Waals surface area (Å²) >= 11 is 5.22. The standard InChI is InChI=1S/C11H13BrN4S/c1-16(2)11-13-5-3-10(15-11)14-7-9-8(12)4-6-17-9/h3-6H,7H2,1-2H3,(H,13,14,15). The van der Waals surface area contributed by atoms with Gasteiger partial charge >= 0.3 is 0 Å². The van der Waals surface area contributed by atoms with Crippen LogP contribution in [0.25, 0.3) is 0 Å². The monoisotopic (exact) mass is 312 g/mol. The first-order valence-electron chi connectivity index (χ1n) is 5.13. The number of hydrogen-bond acceptors (Lipinski definition) is 5. The van der Waals surface area contributed by atoms with Gasteiger partial charge in [-0.15, -0.1) is 11.3 Å². The van der Waals surface area contributed by atoms with E-state index in [1.165, 1.54) is 4.88 Å². The van der Waals surface area contributed by atoms with E-state index in [0.717, 1.165) is 16.8 Å². The van der Waals surface area contributed by atoms with Gasteiger partial charge < -0.3 is 10.2 Å². The van der Waals surface area contributed by atoms with Crippen LogP contribution in [0, 0.1) is 0 Å². The van der Waals surface area contributed by atoms with Gasteiger partial charge in [0.2, 0.25) is 5.95 Å². The number of nitrogens with one attached hydrogen (secondary N) is 1. The first kappa shape index (κ1) is 12.3. The van der Waals surface area contributed by atoms with Crippen LogP contribution in [0.15, 0.2) is 28.2 Å². The zero-order chi connectivity index (χ0) is 12.3. The average molecular weight is 313 g/mol. The Morgan fingerprint density at radius 2 is 2.24 bits per heavy atom. The Labute approximate surface area is 113 Å². The van der Waals surface area contributed by atoms with Crippen LogP contribution < -0.4 is 10.2 Å². The number of nitrogens with zero attached hydrogens (tertiary/aromatic N) is 3. The summed E-state index contributed by atoms with van der Waals surface area (Å²) in [6.07, 6.45) is 1.76. The van der Waals surface area contributed by atoms with Crippen LogP contribution in [0.1, 0.15) is 4.88 Å². The number of halogens is 1. The Balaban J connectivity index is 2.04. The Morgan fingerprint density at radius 3 is 2.88 bits per heavy atom. The van der Waals surface area contributed by atoms with Gasteiger partial charge in [-0.3, -0.25) is 0 Å². The summed E-state index contributed by atoms with van der Waals surface area (Å²) in [6, 6.07) is 3.92. The maximum absolute atomic E-state index is 4.39. The van der Waals surface area contributed by atoms with Crippen LogP contribution in [0.3, 0.4) is 0 Å². The van der Waals surface area contributed by atoms with E-state index in [0.29, 0.717) is 5.95 Å². The van der Waals surface area contributed by atoms with E-state index in [2.05, 4.69) is 36.6 Å². The van der Waals surface area contributed by atoms with Gasteiger partial charge in [0.1, 0.15) is 5.82 Å². The fourth-order valence-electron chi connectivity index (χ4n) is 1.28. The third-order valence-electron chi connectivity index (χ3n) is 2.16. The normalized spacial score (nSPS) is 10.3. The lowest BCUT2D eigenvalue weighted by Crippen LogP contribution is -2.13. The molecule has 6 heteroatoms. The lowest BCUT2D eigenvalue weighted by atomic mass is 10.4. The molecule has 0 spiro atoms. The molecular weight excluding hydrogens is 300 g/mol. The van der Waals surface area contributed by atoms with Crippen molar-refractivity contribution in [2.24, 2.45) is 0 Å².